The van der Waals surface area contributed by atoms with Gasteiger partial charge in [0.15, 0.2) is 6.10 Å². The summed E-state index contributed by atoms with van der Waals surface area (Å²) < 4.78 is 11.4. The Morgan fingerprint density at radius 3 is 2.39 bits per heavy atom. The largest absolute Gasteiger partial charge is 0.488 e. The van der Waals surface area contributed by atoms with E-state index in [4.69, 9.17) is 9.47 Å². The molecule has 1 atom stereocenters. The molecule has 0 bridgehead atoms. The zero-order valence-corrected chi connectivity index (χ0v) is 17.4. The van der Waals surface area contributed by atoms with Gasteiger partial charge in [0, 0.05) is 22.2 Å². The Balaban J connectivity index is 1.50. The standard InChI is InChI=1S/C26H23NO4/c1-17-24(20-12-6-8-14-22(20)27-17)25(28)18(2)31-26(29)21-13-7-9-15-23(21)30-16-19-10-4-3-5-11-19/h3-15,18,27H,16H2,1-2H3/t18-/m0/s1. The molecule has 0 aliphatic rings. The zero-order chi connectivity index (χ0) is 21.8. The number of fused-ring (bicyclic) bond motifs is 1. The predicted octanol–water partition coefficient (Wildman–Crippen LogP) is 5.48. The number of hydrogen-bond acceptors (Lipinski definition) is 4. The smallest absolute Gasteiger partial charge is 0.342 e. The minimum Gasteiger partial charge on any atom is -0.488 e. The molecule has 5 heteroatoms. The van der Waals surface area contributed by atoms with E-state index >= 15 is 0 Å². The van der Waals surface area contributed by atoms with Crippen LogP contribution < -0.4 is 4.74 Å². The van der Waals surface area contributed by atoms with Crippen molar-refractivity contribution in [3.63, 3.8) is 0 Å². The number of aromatic amines is 1. The number of aromatic nitrogens is 1. The van der Waals surface area contributed by atoms with Gasteiger partial charge in [-0.15, -0.1) is 0 Å². The number of Topliss-reactive ketones (excluding diaryl/α,β-unsaturated/α-hetero) is 1. The third-order valence-electron chi connectivity index (χ3n) is 5.14. The van der Waals surface area contributed by atoms with E-state index in [0.717, 1.165) is 22.2 Å². The molecular formula is C26H23NO4. The fourth-order valence-corrected chi connectivity index (χ4v) is 3.57. The molecule has 31 heavy (non-hydrogen) atoms. The molecule has 4 rings (SSSR count). The topological polar surface area (TPSA) is 68.4 Å². The number of esters is 1. The van der Waals surface area contributed by atoms with Gasteiger partial charge in [-0.25, -0.2) is 4.79 Å². The van der Waals surface area contributed by atoms with Crippen LogP contribution in [0.15, 0.2) is 78.9 Å². The van der Waals surface area contributed by atoms with Crippen LogP contribution in [0.5, 0.6) is 5.75 Å². The number of hydrogen-bond donors (Lipinski definition) is 1. The number of rotatable bonds is 7. The number of carbonyl (C=O) groups is 2. The van der Waals surface area contributed by atoms with E-state index in [1.807, 2.05) is 61.5 Å². The molecule has 3 aromatic carbocycles. The summed E-state index contributed by atoms with van der Waals surface area (Å²) >= 11 is 0. The van der Waals surface area contributed by atoms with Crippen LogP contribution in [0.3, 0.4) is 0 Å². The number of para-hydroxylation sites is 2. The number of H-pyrrole nitrogens is 1. The quantitative estimate of drug-likeness (QED) is 0.322. The minimum atomic E-state index is -0.937. The van der Waals surface area contributed by atoms with E-state index in [0.29, 0.717) is 17.9 Å². The Bertz CT molecular complexity index is 1230. The fraction of sp³-hybridized carbons (Fsp3) is 0.154. The van der Waals surface area contributed by atoms with Gasteiger partial charge in [-0.3, -0.25) is 4.79 Å². The maximum atomic E-state index is 13.1. The second-order valence-electron chi connectivity index (χ2n) is 7.35. The molecule has 1 aromatic heterocycles. The summed E-state index contributed by atoms with van der Waals surface area (Å²) in [6.45, 7) is 3.76. The second-order valence-corrected chi connectivity index (χ2v) is 7.35. The van der Waals surface area contributed by atoms with E-state index in [-0.39, 0.29) is 11.3 Å². The van der Waals surface area contributed by atoms with Crippen molar-refractivity contribution >= 4 is 22.7 Å². The van der Waals surface area contributed by atoms with Crippen LogP contribution in [0.4, 0.5) is 0 Å². The van der Waals surface area contributed by atoms with Crippen molar-refractivity contribution in [2.24, 2.45) is 0 Å². The molecular weight excluding hydrogens is 390 g/mol. The molecule has 1 heterocycles. The summed E-state index contributed by atoms with van der Waals surface area (Å²) in [6.07, 6.45) is -0.937. The van der Waals surface area contributed by atoms with Gasteiger partial charge >= 0.3 is 5.97 Å². The highest BCUT2D eigenvalue weighted by Crippen LogP contribution is 2.25. The molecule has 1 N–H and O–H groups in total. The first-order chi connectivity index (χ1) is 15.0. The summed E-state index contributed by atoms with van der Waals surface area (Å²) in [7, 11) is 0. The van der Waals surface area contributed by atoms with Gasteiger partial charge in [0.25, 0.3) is 0 Å². The normalized spacial score (nSPS) is 11.8. The lowest BCUT2D eigenvalue weighted by Crippen LogP contribution is -2.25. The number of nitrogens with one attached hydrogen (secondary N) is 1. The van der Waals surface area contributed by atoms with Crippen LogP contribution in [-0.4, -0.2) is 22.8 Å². The Morgan fingerprint density at radius 2 is 1.58 bits per heavy atom. The number of ether oxygens (including phenoxy) is 2. The summed E-state index contributed by atoms with van der Waals surface area (Å²) in [5.74, 6) is -0.424. The van der Waals surface area contributed by atoms with Gasteiger partial charge < -0.3 is 14.5 Å². The first kappa shape index (κ1) is 20.4. The molecule has 156 valence electrons. The summed E-state index contributed by atoms with van der Waals surface area (Å²) in [4.78, 5) is 29.1. The molecule has 0 saturated carbocycles. The van der Waals surface area contributed by atoms with Gasteiger partial charge in [0.1, 0.15) is 17.9 Å². The summed E-state index contributed by atoms with van der Waals surface area (Å²) in [5.41, 5.74) is 3.45. The molecule has 0 amide bonds. The van der Waals surface area contributed by atoms with Gasteiger partial charge in [-0.2, -0.15) is 0 Å². The van der Waals surface area contributed by atoms with Gasteiger partial charge in [0.05, 0.1) is 0 Å². The maximum absolute atomic E-state index is 13.1. The van der Waals surface area contributed by atoms with E-state index in [1.165, 1.54) is 0 Å². The van der Waals surface area contributed by atoms with Crippen LogP contribution in [0.1, 0.15) is 38.9 Å². The van der Waals surface area contributed by atoms with Crippen molar-refractivity contribution in [2.45, 2.75) is 26.6 Å². The number of ketones is 1. The zero-order valence-electron chi connectivity index (χ0n) is 17.4. The molecule has 0 radical (unpaired) electrons. The van der Waals surface area contributed by atoms with Crippen molar-refractivity contribution in [1.29, 1.82) is 0 Å². The summed E-state index contributed by atoms with van der Waals surface area (Å²) in [5, 5.41) is 0.819. The predicted molar refractivity (Wildman–Crippen MR) is 119 cm³/mol. The van der Waals surface area contributed by atoms with Gasteiger partial charge in [-0.1, -0.05) is 60.7 Å². The molecule has 0 saturated heterocycles. The van der Waals surface area contributed by atoms with Crippen LogP contribution in [0.25, 0.3) is 10.9 Å². The van der Waals surface area contributed by atoms with Crippen LogP contribution in [-0.2, 0) is 11.3 Å². The lowest BCUT2D eigenvalue weighted by atomic mass is 10.0. The maximum Gasteiger partial charge on any atom is 0.342 e. The molecule has 0 aliphatic carbocycles. The lowest BCUT2D eigenvalue weighted by Gasteiger charge is -2.15. The fourth-order valence-electron chi connectivity index (χ4n) is 3.57. The van der Waals surface area contributed by atoms with E-state index in [1.54, 1.807) is 31.2 Å². The third kappa shape index (κ3) is 4.36. The second kappa shape index (κ2) is 8.88. The van der Waals surface area contributed by atoms with Crippen LogP contribution >= 0.6 is 0 Å². The number of benzene rings is 3. The average molecular weight is 413 g/mol. The SMILES string of the molecule is Cc1[nH]c2ccccc2c1C(=O)[C@H](C)OC(=O)c1ccccc1OCc1ccccc1. The van der Waals surface area contributed by atoms with Crippen molar-refractivity contribution in [1.82, 2.24) is 4.98 Å². The number of aryl methyl sites for hydroxylation is 1. The molecule has 0 aliphatic heterocycles. The highest BCUT2D eigenvalue weighted by molar-refractivity contribution is 6.11. The molecule has 0 spiro atoms. The first-order valence-corrected chi connectivity index (χ1v) is 10.1. The van der Waals surface area contributed by atoms with Crippen molar-refractivity contribution < 1.29 is 19.1 Å². The van der Waals surface area contributed by atoms with E-state index in [2.05, 4.69) is 4.98 Å². The third-order valence-corrected chi connectivity index (χ3v) is 5.14. The van der Waals surface area contributed by atoms with E-state index < -0.39 is 12.1 Å². The van der Waals surface area contributed by atoms with Crippen molar-refractivity contribution in [2.75, 3.05) is 0 Å². The molecule has 4 aromatic rings. The minimum absolute atomic E-state index is 0.244. The van der Waals surface area contributed by atoms with Gasteiger partial charge in [0.2, 0.25) is 5.78 Å². The Morgan fingerprint density at radius 1 is 0.903 bits per heavy atom. The Hall–Kier alpha value is -3.86. The Kier molecular flexibility index (Phi) is 5.85. The lowest BCUT2D eigenvalue weighted by molar-refractivity contribution is 0.0315. The monoisotopic (exact) mass is 413 g/mol. The number of carbonyl (C=O) groups excluding carboxylic acids is 2. The highest BCUT2D eigenvalue weighted by Gasteiger charge is 2.26. The van der Waals surface area contributed by atoms with Crippen molar-refractivity contribution in [3.8, 4) is 5.75 Å². The Labute approximate surface area is 180 Å². The molecule has 5 nitrogen and oxygen atoms in total. The first-order valence-electron chi connectivity index (χ1n) is 10.1. The average Bonchev–Trinajstić information content (AvgIpc) is 3.13. The van der Waals surface area contributed by atoms with Gasteiger partial charge in [-0.05, 0) is 37.6 Å². The molecule has 0 unspecified atom stereocenters. The van der Waals surface area contributed by atoms with Crippen LogP contribution in [0, 0.1) is 6.92 Å². The molecule has 0 fully saturated rings. The highest BCUT2D eigenvalue weighted by atomic mass is 16.5. The van der Waals surface area contributed by atoms with E-state index in [9.17, 15) is 9.59 Å². The summed E-state index contributed by atoms with van der Waals surface area (Å²) in [6, 6.07) is 24.2. The van der Waals surface area contributed by atoms with Crippen LogP contribution in [0.2, 0.25) is 0 Å². The van der Waals surface area contributed by atoms with Crippen molar-refractivity contribution in [3.05, 3.63) is 101 Å².